The number of hydrogen-bond acceptors (Lipinski definition) is 4. The van der Waals surface area contributed by atoms with E-state index in [-0.39, 0.29) is 35.9 Å². The SMILES string of the molecule is CN=C(NCc1cccc(-c2ccccn2)c1)N1CCC(C(=O)OC)CC1.I. The molecule has 1 aromatic heterocycles. The smallest absolute Gasteiger partial charge is 0.308 e. The van der Waals surface area contributed by atoms with Crippen LogP contribution in [0.5, 0.6) is 0 Å². The van der Waals surface area contributed by atoms with Gasteiger partial charge in [-0.05, 0) is 36.6 Å². The van der Waals surface area contributed by atoms with Crippen molar-refractivity contribution in [1.82, 2.24) is 15.2 Å². The van der Waals surface area contributed by atoms with Crippen molar-refractivity contribution in [3.8, 4) is 11.3 Å². The highest BCUT2D eigenvalue weighted by molar-refractivity contribution is 14.0. The Labute approximate surface area is 183 Å². The zero-order valence-electron chi connectivity index (χ0n) is 16.3. The fourth-order valence-corrected chi connectivity index (χ4v) is 3.38. The van der Waals surface area contributed by atoms with E-state index in [1.807, 2.05) is 24.3 Å². The van der Waals surface area contributed by atoms with Gasteiger partial charge in [0.25, 0.3) is 0 Å². The Morgan fingerprint density at radius 1 is 1.25 bits per heavy atom. The first-order valence-corrected chi connectivity index (χ1v) is 9.25. The summed E-state index contributed by atoms with van der Waals surface area (Å²) in [5.74, 6) is 0.755. The van der Waals surface area contributed by atoms with Gasteiger partial charge in [-0.25, -0.2) is 0 Å². The lowest BCUT2D eigenvalue weighted by atomic mass is 9.97. The molecule has 3 rings (SSSR count). The van der Waals surface area contributed by atoms with Crippen molar-refractivity contribution in [1.29, 1.82) is 0 Å². The maximum Gasteiger partial charge on any atom is 0.308 e. The van der Waals surface area contributed by atoms with Crippen LogP contribution in [0.1, 0.15) is 18.4 Å². The van der Waals surface area contributed by atoms with Crippen LogP contribution in [0.2, 0.25) is 0 Å². The first-order chi connectivity index (χ1) is 13.2. The molecule has 1 aromatic carbocycles. The molecule has 1 aliphatic heterocycles. The number of carbonyl (C=O) groups is 1. The molecule has 0 bridgehead atoms. The molecule has 0 saturated carbocycles. The van der Waals surface area contributed by atoms with Crippen molar-refractivity contribution < 1.29 is 9.53 Å². The summed E-state index contributed by atoms with van der Waals surface area (Å²) in [7, 11) is 3.24. The summed E-state index contributed by atoms with van der Waals surface area (Å²) in [5, 5.41) is 3.43. The molecule has 1 saturated heterocycles. The molecule has 7 heteroatoms. The molecule has 0 spiro atoms. The minimum absolute atomic E-state index is 0. The molecule has 2 aromatic rings. The molecule has 0 radical (unpaired) electrons. The Hall–Kier alpha value is -2.16. The van der Waals surface area contributed by atoms with E-state index in [9.17, 15) is 4.79 Å². The molecule has 0 amide bonds. The largest absolute Gasteiger partial charge is 0.469 e. The summed E-state index contributed by atoms with van der Waals surface area (Å²) in [6.07, 6.45) is 3.39. The van der Waals surface area contributed by atoms with Gasteiger partial charge >= 0.3 is 5.97 Å². The summed E-state index contributed by atoms with van der Waals surface area (Å²) >= 11 is 0. The van der Waals surface area contributed by atoms with Crippen molar-refractivity contribution in [2.24, 2.45) is 10.9 Å². The Balaban J connectivity index is 0.00000280. The number of pyridine rings is 1. The van der Waals surface area contributed by atoms with Crippen LogP contribution in [-0.4, -0.2) is 49.1 Å². The minimum Gasteiger partial charge on any atom is -0.469 e. The van der Waals surface area contributed by atoms with Crippen LogP contribution >= 0.6 is 24.0 Å². The van der Waals surface area contributed by atoms with Gasteiger partial charge in [0, 0.05) is 38.4 Å². The molecule has 1 aliphatic rings. The van der Waals surface area contributed by atoms with E-state index in [1.54, 1.807) is 13.2 Å². The van der Waals surface area contributed by atoms with E-state index in [0.29, 0.717) is 6.54 Å². The third-order valence-electron chi connectivity index (χ3n) is 4.88. The van der Waals surface area contributed by atoms with Gasteiger partial charge in [-0.1, -0.05) is 24.3 Å². The first-order valence-electron chi connectivity index (χ1n) is 9.25. The van der Waals surface area contributed by atoms with E-state index in [0.717, 1.165) is 43.1 Å². The monoisotopic (exact) mass is 494 g/mol. The van der Waals surface area contributed by atoms with Gasteiger partial charge in [-0.15, -0.1) is 24.0 Å². The third-order valence-corrected chi connectivity index (χ3v) is 4.88. The molecule has 6 nitrogen and oxygen atoms in total. The number of ether oxygens (including phenoxy) is 1. The molecule has 150 valence electrons. The zero-order valence-corrected chi connectivity index (χ0v) is 18.6. The number of guanidine groups is 1. The molecular weight excluding hydrogens is 467 g/mol. The van der Waals surface area contributed by atoms with Gasteiger partial charge in [-0.3, -0.25) is 14.8 Å². The van der Waals surface area contributed by atoms with Gasteiger partial charge in [-0.2, -0.15) is 0 Å². The van der Waals surface area contributed by atoms with E-state index < -0.39 is 0 Å². The number of likely N-dealkylation sites (tertiary alicyclic amines) is 1. The Morgan fingerprint density at radius 3 is 2.68 bits per heavy atom. The lowest BCUT2D eigenvalue weighted by Crippen LogP contribution is -2.46. The van der Waals surface area contributed by atoms with Crippen LogP contribution in [-0.2, 0) is 16.1 Å². The van der Waals surface area contributed by atoms with E-state index in [1.165, 1.54) is 12.7 Å². The van der Waals surface area contributed by atoms with Gasteiger partial charge in [0.2, 0.25) is 0 Å². The molecule has 0 aliphatic carbocycles. The van der Waals surface area contributed by atoms with E-state index in [2.05, 4.69) is 38.4 Å². The number of nitrogens with one attached hydrogen (secondary N) is 1. The number of aromatic nitrogens is 1. The van der Waals surface area contributed by atoms with Gasteiger partial charge in [0.1, 0.15) is 0 Å². The minimum atomic E-state index is -0.107. The highest BCUT2D eigenvalue weighted by atomic mass is 127. The lowest BCUT2D eigenvalue weighted by molar-refractivity contribution is -0.146. The number of methoxy groups -OCH3 is 1. The number of aliphatic imine (C=N–C) groups is 1. The van der Waals surface area contributed by atoms with Crippen LogP contribution < -0.4 is 5.32 Å². The third kappa shape index (κ3) is 5.67. The van der Waals surface area contributed by atoms with Crippen molar-refractivity contribution in [2.75, 3.05) is 27.2 Å². The highest BCUT2D eigenvalue weighted by Crippen LogP contribution is 2.19. The summed E-state index contributed by atoms with van der Waals surface area (Å²) in [5.41, 5.74) is 3.24. The summed E-state index contributed by atoms with van der Waals surface area (Å²) in [4.78, 5) is 22.7. The predicted molar refractivity (Wildman–Crippen MR) is 122 cm³/mol. The van der Waals surface area contributed by atoms with Crippen LogP contribution in [0.4, 0.5) is 0 Å². The number of nitrogens with zero attached hydrogens (tertiary/aromatic N) is 3. The number of piperidine rings is 1. The Bertz CT molecular complexity index is 790. The standard InChI is InChI=1S/C21H26N4O2.HI/c1-22-21(25-12-9-17(10-13-25)20(26)27-2)24-15-16-6-5-7-18(14-16)19-8-3-4-11-23-19;/h3-8,11,14,17H,9-10,12-13,15H2,1-2H3,(H,22,24);1H. The van der Waals surface area contributed by atoms with Crippen molar-refractivity contribution in [3.05, 3.63) is 54.2 Å². The topological polar surface area (TPSA) is 66.8 Å². The number of benzene rings is 1. The average Bonchev–Trinajstić information content (AvgIpc) is 2.75. The van der Waals surface area contributed by atoms with Gasteiger partial charge in [0.15, 0.2) is 5.96 Å². The van der Waals surface area contributed by atoms with Crippen LogP contribution in [0.15, 0.2) is 53.7 Å². The van der Waals surface area contributed by atoms with Crippen LogP contribution in [0.25, 0.3) is 11.3 Å². The van der Waals surface area contributed by atoms with Crippen LogP contribution in [0.3, 0.4) is 0 Å². The quantitative estimate of drug-likeness (QED) is 0.306. The fraction of sp³-hybridized carbons (Fsp3) is 0.381. The van der Waals surface area contributed by atoms with E-state index >= 15 is 0 Å². The van der Waals surface area contributed by atoms with Crippen molar-refractivity contribution in [2.45, 2.75) is 19.4 Å². The predicted octanol–water partition coefficient (Wildman–Crippen LogP) is 3.33. The number of carbonyl (C=O) groups excluding carboxylic acids is 1. The Kier molecular flexibility index (Phi) is 8.69. The summed E-state index contributed by atoms with van der Waals surface area (Å²) < 4.78 is 4.86. The molecule has 1 fully saturated rings. The molecule has 2 heterocycles. The second kappa shape index (κ2) is 11.0. The lowest BCUT2D eigenvalue weighted by Gasteiger charge is -2.33. The van der Waals surface area contributed by atoms with E-state index in [4.69, 9.17) is 4.74 Å². The van der Waals surface area contributed by atoms with Crippen LogP contribution in [0, 0.1) is 5.92 Å². The fourth-order valence-electron chi connectivity index (χ4n) is 3.38. The molecule has 28 heavy (non-hydrogen) atoms. The number of rotatable bonds is 4. The second-order valence-electron chi connectivity index (χ2n) is 6.60. The zero-order chi connectivity index (χ0) is 19.1. The molecule has 0 unspecified atom stereocenters. The Morgan fingerprint density at radius 2 is 2.04 bits per heavy atom. The van der Waals surface area contributed by atoms with Gasteiger partial charge < -0.3 is 15.0 Å². The maximum absolute atomic E-state index is 11.7. The maximum atomic E-state index is 11.7. The summed E-state index contributed by atoms with van der Waals surface area (Å²) in [6, 6.07) is 14.3. The average molecular weight is 494 g/mol. The van der Waals surface area contributed by atoms with Crippen molar-refractivity contribution >= 4 is 35.9 Å². The molecule has 0 atom stereocenters. The van der Waals surface area contributed by atoms with Crippen molar-refractivity contribution in [3.63, 3.8) is 0 Å². The number of halogens is 1. The highest BCUT2D eigenvalue weighted by Gasteiger charge is 2.26. The molecular formula is C21H27IN4O2. The number of esters is 1. The van der Waals surface area contributed by atoms with Gasteiger partial charge in [0.05, 0.1) is 18.7 Å². The number of hydrogen-bond donors (Lipinski definition) is 1. The summed E-state index contributed by atoms with van der Waals surface area (Å²) in [6.45, 7) is 2.28. The second-order valence-corrected chi connectivity index (χ2v) is 6.60. The molecule has 1 N–H and O–H groups in total. The first kappa shape index (κ1) is 22.1. The normalized spacial score (nSPS) is 14.9.